The van der Waals surface area contributed by atoms with Crippen molar-refractivity contribution in [2.75, 3.05) is 19.5 Å². The van der Waals surface area contributed by atoms with Crippen molar-refractivity contribution in [2.24, 2.45) is 0 Å². The Morgan fingerprint density at radius 1 is 1.00 bits per heavy atom. The monoisotopic (exact) mass is 379 g/mol. The third-order valence-corrected chi connectivity index (χ3v) is 3.73. The highest BCUT2D eigenvalue weighted by Crippen LogP contribution is 2.32. The van der Waals surface area contributed by atoms with Crippen LogP contribution in [0.3, 0.4) is 0 Å². The number of methoxy groups -OCH3 is 2. The summed E-state index contributed by atoms with van der Waals surface area (Å²) in [5.41, 5.74) is 0.199. The molecule has 0 saturated heterocycles. The van der Waals surface area contributed by atoms with Gasteiger partial charge in [-0.05, 0) is 36.4 Å². The smallest absolute Gasteiger partial charge is 0.416 e. The first kappa shape index (κ1) is 18.6. The van der Waals surface area contributed by atoms with Crippen LogP contribution in [-0.2, 0) is 12.7 Å². The van der Waals surface area contributed by atoms with Crippen LogP contribution in [0.1, 0.15) is 11.5 Å². The summed E-state index contributed by atoms with van der Waals surface area (Å²) in [4.78, 5) is 0. The van der Waals surface area contributed by atoms with Crippen LogP contribution in [0.15, 0.2) is 46.9 Å². The van der Waals surface area contributed by atoms with Crippen molar-refractivity contribution in [1.82, 2.24) is 10.2 Å². The molecule has 27 heavy (non-hydrogen) atoms. The zero-order valence-electron chi connectivity index (χ0n) is 14.5. The molecular weight excluding hydrogens is 363 g/mol. The van der Waals surface area contributed by atoms with E-state index in [1.807, 2.05) is 0 Å². The molecule has 0 saturated carbocycles. The predicted molar refractivity (Wildman–Crippen MR) is 91.6 cm³/mol. The third kappa shape index (κ3) is 4.30. The summed E-state index contributed by atoms with van der Waals surface area (Å²) in [7, 11) is 3.04. The number of nitrogens with one attached hydrogen (secondary N) is 1. The Hall–Kier alpha value is -3.23. The van der Waals surface area contributed by atoms with E-state index in [1.54, 1.807) is 18.2 Å². The molecule has 3 aromatic rings. The van der Waals surface area contributed by atoms with Crippen LogP contribution in [0.2, 0.25) is 0 Å². The maximum Gasteiger partial charge on any atom is 0.416 e. The van der Waals surface area contributed by atoms with Crippen molar-refractivity contribution < 1.29 is 27.1 Å². The van der Waals surface area contributed by atoms with E-state index in [4.69, 9.17) is 13.9 Å². The third-order valence-electron chi connectivity index (χ3n) is 3.73. The number of halogens is 3. The average molecular weight is 379 g/mol. The minimum atomic E-state index is -4.40. The van der Waals surface area contributed by atoms with Crippen LogP contribution < -0.4 is 14.8 Å². The van der Waals surface area contributed by atoms with Gasteiger partial charge in [0.1, 0.15) is 0 Å². The molecule has 3 rings (SSSR count). The van der Waals surface area contributed by atoms with E-state index >= 15 is 0 Å². The van der Waals surface area contributed by atoms with Gasteiger partial charge in [-0.1, -0.05) is 6.07 Å². The predicted octanol–water partition coefficient (Wildman–Crippen LogP) is 4.38. The zero-order chi connectivity index (χ0) is 19.4. The molecule has 0 spiro atoms. The average Bonchev–Trinajstić information content (AvgIpc) is 3.14. The molecule has 0 bridgehead atoms. The number of anilines is 1. The summed E-state index contributed by atoms with van der Waals surface area (Å²) in [5, 5.41) is 10.7. The second-order valence-corrected chi connectivity index (χ2v) is 5.50. The van der Waals surface area contributed by atoms with Crippen molar-refractivity contribution in [3.63, 3.8) is 0 Å². The highest BCUT2D eigenvalue weighted by Gasteiger charge is 2.30. The van der Waals surface area contributed by atoms with Gasteiger partial charge in [0.15, 0.2) is 11.5 Å². The summed E-state index contributed by atoms with van der Waals surface area (Å²) < 4.78 is 54.2. The molecule has 0 aliphatic rings. The Bertz CT molecular complexity index is 925. The minimum Gasteiger partial charge on any atom is -0.493 e. The Labute approximate surface area is 152 Å². The number of rotatable bonds is 6. The van der Waals surface area contributed by atoms with Gasteiger partial charge in [-0.2, -0.15) is 13.2 Å². The van der Waals surface area contributed by atoms with E-state index < -0.39 is 11.7 Å². The molecule has 9 heteroatoms. The first-order chi connectivity index (χ1) is 12.9. The fourth-order valence-electron chi connectivity index (χ4n) is 2.39. The molecule has 1 N–H and O–H groups in total. The lowest BCUT2D eigenvalue weighted by atomic mass is 10.2. The molecule has 6 nitrogen and oxygen atoms in total. The van der Waals surface area contributed by atoms with Gasteiger partial charge < -0.3 is 19.2 Å². The first-order valence-corrected chi connectivity index (χ1v) is 7.86. The molecule has 0 aliphatic carbocycles. The standard InChI is InChI=1S/C18H16F3N3O3/c1-25-14-7-6-11(8-15(14)26-2)17-24-23-16(27-17)10-22-13-5-3-4-12(9-13)18(19,20)21/h3-9,22H,10H2,1-2H3. The summed E-state index contributed by atoms with van der Waals surface area (Å²) in [6.45, 7) is 0.0849. The van der Waals surface area contributed by atoms with Crippen LogP contribution in [0.25, 0.3) is 11.5 Å². The Kier molecular flexibility index (Phi) is 5.20. The molecule has 0 atom stereocenters. The van der Waals surface area contributed by atoms with Crippen molar-refractivity contribution in [2.45, 2.75) is 12.7 Å². The SMILES string of the molecule is COc1ccc(-c2nnc(CNc3cccc(C(F)(F)F)c3)o2)cc1OC. The molecule has 2 aromatic carbocycles. The number of aromatic nitrogens is 2. The zero-order valence-corrected chi connectivity index (χ0v) is 14.5. The molecule has 1 heterocycles. The van der Waals surface area contributed by atoms with Crippen LogP contribution in [0.4, 0.5) is 18.9 Å². The second-order valence-electron chi connectivity index (χ2n) is 5.50. The van der Waals surface area contributed by atoms with E-state index in [2.05, 4.69) is 15.5 Å². The lowest BCUT2D eigenvalue weighted by Crippen LogP contribution is -2.06. The number of alkyl halides is 3. The summed E-state index contributed by atoms with van der Waals surface area (Å²) in [5.74, 6) is 1.57. The minimum absolute atomic E-state index is 0.0849. The van der Waals surface area contributed by atoms with Gasteiger partial charge in [0.25, 0.3) is 0 Å². The van der Waals surface area contributed by atoms with E-state index in [9.17, 15) is 13.2 Å². The van der Waals surface area contributed by atoms with Crippen LogP contribution in [-0.4, -0.2) is 24.4 Å². The number of hydrogen-bond acceptors (Lipinski definition) is 6. The van der Waals surface area contributed by atoms with Crippen molar-refractivity contribution in [3.05, 3.63) is 53.9 Å². The van der Waals surface area contributed by atoms with Gasteiger partial charge in [0.05, 0.1) is 26.3 Å². The highest BCUT2D eigenvalue weighted by molar-refractivity contribution is 5.59. The van der Waals surface area contributed by atoms with Gasteiger partial charge in [0.2, 0.25) is 11.8 Å². The topological polar surface area (TPSA) is 69.4 Å². The first-order valence-electron chi connectivity index (χ1n) is 7.86. The molecule has 1 aromatic heterocycles. The van der Waals surface area contributed by atoms with Crippen molar-refractivity contribution in [3.8, 4) is 23.0 Å². The quantitative estimate of drug-likeness (QED) is 0.685. The maximum atomic E-state index is 12.8. The van der Waals surface area contributed by atoms with Gasteiger partial charge >= 0.3 is 6.18 Å². The van der Waals surface area contributed by atoms with Gasteiger partial charge in [-0.15, -0.1) is 10.2 Å². The number of benzene rings is 2. The molecule has 0 aliphatic heterocycles. The summed E-state index contributed by atoms with van der Waals surface area (Å²) in [6.07, 6.45) is -4.40. The van der Waals surface area contributed by atoms with Crippen LogP contribution in [0.5, 0.6) is 11.5 Å². The summed E-state index contributed by atoms with van der Waals surface area (Å²) >= 11 is 0. The van der Waals surface area contributed by atoms with E-state index in [0.717, 1.165) is 12.1 Å². The lowest BCUT2D eigenvalue weighted by Gasteiger charge is -2.09. The fraction of sp³-hybridized carbons (Fsp3) is 0.222. The van der Waals surface area contributed by atoms with Crippen molar-refractivity contribution >= 4 is 5.69 Å². The highest BCUT2D eigenvalue weighted by atomic mass is 19.4. The molecule has 0 radical (unpaired) electrons. The molecule has 142 valence electrons. The number of nitrogens with zero attached hydrogens (tertiary/aromatic N) is 2. The Balaban J connectivity index is 1.72. The lowest BCUT2D eigenvalue weighted by molar-refractivity contribution is -0.137. The fourth-order valence-corrected chi connectivity index (χ4v) is 2.39. The van der Waals surface area contributed by atoms with E-state index in [0.29, 0.717) is 22.7 Å². The second kappa shape index (κ2) is 7.56. The van der Waals surface area contributed by atoms with E-state index in [-0.39, 0.29) is 18.3 Å². The normalized spacial score (nSPS) is 11.3. The molecule has 0 unspecified atom stereocenters. The molecule has 0 amide bonds. The number of ether oxygens (including phenoxy) is 2. The number of hydrogen-bond donors (Lipinski definition) is 1. The van der Waals surface area contributed by atoms with Crippen LogP contribution in [0, 0.1) is 0 Å². The maximum absolute atomic E-state index is 12.8. The Morgan fingerprint density at radius 2 is 1.78 bits per heavy atom. The molecule has 0 fully saturated rings. The van der Waals surface area contributed by atoms with Gasteiger partial charge in [0, 0.05) is 11.3 Å². The largest absolute Gasteiger partial charge is 0.493 e. The Morgan fingerprint density at radius 3 is 2.48 bits per heavy atom. The van der Waals surface area contributed by atoms with E-state index in [1.165, 1.54) is 26.4 Å². The van der Waals surface area contributed by atoms with Crippen molar-refractivity contribution in [1.29, 1.82) is 0 Å². The van der Waals surface area contributed by atoms with Gasteiger partial charge in [-0.25, -0.2) is 0 Å². The summed E-state index contributed by atoms with van der Waals surface area (Å²) in [6, 6.07) is 10.0. The van der Waals surface area contributed by atoms with Crippen LogP contribution >= 0.6 is 0 Å². The molecular formula is C18H16F3N3O3. The van der Waals surface area contributed by atoms with Gasteiger partial charge in [-0.3, -0.25) is 0 Å².